The Labute approximate surface area is 153 Å². The molecule has 2 heterocycles. The van der Waals surface area contributed by atoms with Gasteiger partial charge in [-0.3, -0.25) is 4.79 Å². The van der Waals surface area contributed by atoms with Crippen molar-refractivity contribution in [3.8, 4) is 11.3 Å². The van der Waals surface area contributed by atoms with Crippen LogP contribution in [0.4, 0.5) is 5.95 Å². The van der Waals surface area contributed by atoms with Crippen LogP contribution in [0.2, 0.25) is 0 Å². The summed E-state index contributed by atoms with van der Waals surface area (Å²) < 4.78 is 0. The third-order valence-corrected chi connectivity index (χ3v) is 4.48. The summed E-state index contributed by atoms with van der Waals surface area (Å²) in [4.78, 5) is 23.1. The zero-order valence-corrected chi connectivity index (χ0v) is 15.4. The number of aromatic nitrogens is 2. The normalized spacial score (nSPS) is 19.4. The molecule has 0 bridgehead atoms. The third-order valence-electron chi connectivity index (χ3n) is 4.48. The van der Waals surface area contributed by atoms with Gasteiger partial charge in [0, 0.05) is 44.0 Å². The lowest BCUT2D eigenvalue weighted by Gasteiger charge is -2.21. The van der Waals surface area contributed by atoms with Crippen LogP contribution in [0, 0.1) is 6.92 Å². The molecular formula is C19H25N5O2. The second kappa shape index (κ2) is 7.39. The highest BCUT2D eigenvalue weighted by Gasteiger charge is 2.31. The van der Waals surface area contributed by atoms with Crippen molar-refractivity contribution in [2.45, 2.75) is 18.9 Å². The molecule has 3 N–H and O–H groups in total. The summed E-state index contributed by atoms with van der Waals surface area (Å²) in [5, 5.41) is 16.2. The van der Waals surface area contributed by atoms with Crippen LogP contribution in [0.3, 0.4) is 0 Å². The number of benzene rings is 1. The van der Waals surface area contributed by atoms with Crippen LogP contribution in [0.15, 0.2) is 30.3 Å². The van der Waals surface area contributed by atoms with Crippen LogP contribution in [0.1, 0.15) is 22.5 Å². The van der Waals surface area contributed by atoms with Gasteiger partial charge >= 0.3 is 0 Å². The van der Waals surface area contributed by atoms with Crippen molar-refractivity contribution in [3.05, 3.63) is 41.6 Å². The van der Waals surface area contributed by atoms with E-state index in [0.717, 1.165) is 23.5 Å². The van der Waals surface area contributed by atoms with Gasteiger partial charge in [0.1, 0.15) is 0 Å². The molecule has 1 aliphatic rings. The topological polar surface area (TPSA) is 90.4 Å². The minimum atomic E-state index is -0.851. The highest BCUT2D eigenvalue weighted by molar-refractivity contribution is 5.94. The predicted molar refractivity (Wildman–Crippen MR) is 101 cm³/mol. The molecule has 1 atom stereocenters. The van der Waals surface area contributed by atoms with Crippen LogP contribution in [0.5, 0.6) is 0 Å². The first kappa shape index (κ1) is 18.3. The van der Waals surface area contributed by atoms with Gasteiger partial charge in [-0.15, -0.1) is 0 Å². The number of amides is 1. The van der Waals surface area contributed by atoms with Gasteiger partial charge in [-0.25, -0.2) is 9.97 Å². The Morgan fingerprint density at radius 1 is 1.31 bits per heavy atom. The summed E-state index contributed by atoms with van der Waals surface area (Å²) in [6.45, 7) is 3.46. The molecule has 0 saturated carbocycles. The van der Waals surface area contributed by atoms with Gasteiger partial charge < -0.3 is 20.6 Å². The molecule has 1 aliphatic heterocycles. The number of rotatable bonds is 5. The van der Waals surface area contributed by atoms with Crippen molar-refractivity contribution >= 4 is 11.9 Å². The number of nitrogens with one attached hydrogen (secondary N) is 2. The lowest BCUT2D eigenvalue weighted by molar-refractivity contribution is 0.0562. The largest absolute Gasteiger partial charge is 0.387 e. The molecule has 1 saturated heterocycles. The summed E-state index contributed by atoms with van der Waals surface area (Å²) in [5.41, 5.74) is 2.34. The number of β-amino-alcohol motifs (C(OH)–C–C–N with tert-alkyl or cyclic N) is 1. The van der Waals surface area contributed by atoms with E-state index in [1.165, 1.54) is 0 Å². The maximum atomic E-state index is 12.3. The van der Waals surface area contributed by atoms with Crippen molar-refractivity contribution in [2.24, 2.45) is 0 Å². The fourth-order valence-electron chi connectivity index (χ4n) is 2.92. The van der Waals surface area contributed by atoms with E-state index < -0.39 is 5.60 Å². The summed E-state index contributed by atoms with van der Waals surface area (Å²) in [5.74, 6) is 0.463. The van der Waals surface area contributed by atoms with Crippen molar-refractivity contribution in [2.75, 3.05) is 38.6 Å². The zero-order chi connectivity index (χ0) is 18.7. The molecule has 0 radical (unpaired) electrons. The fraction of sp³-hybridized carbons (Fsp3) is 0.421. The summed E-state index contributed by atoms with van der Waals surface area (Å²) in [6.07, 6.45) is 0.646. The maximum Gasteiger partial charge on any atom is 0.251 e. The molecule has 7 nitrogen and oxygen atoms in total. The maximum absolute atomic E-state index is 12.3. The van der Waals surface area contributed by atoms with Crippen molar-refractivity contribution in [1.82, 2.24) is 20.6 Å². The summed E-state index contributed by atoms with van der Waals surface area (Å²) in [6, 6.07) is 9.22. The van der Waals surface area contributed by atoms with Gasteiger partial charge in [0.05, 0.1) is 11.3 Å². The van der Waals surface area contributed by atoms with E-state index in [0.29, 0.717) is 24.5 Å². The lowest BCUT2D eigenvalue weighted by Crippen LogP contribution is -2.44. The van der Waals surface area contributed by atoms with Crippen molar-refractivity contribution in [1.29, 1.82) is 0 Å². The molecule has 0 aliphatic carbocycles. The van der Waals surface area contributed by atoms with Crippen LogP contribution in [-0.2, 0) is 0 Å². The standard InChI is InChI=1S/C19H25N5O2/c1-13-10-16(23-18(22-13)24(2)3)14-4-6-15(7-5-14)17(25)21-12-19(26)8-9-20-11-19/h4-7,10,20,26H,8-9,11-12H2,1-3H3,(H,21,25)/t19-/m1/s1. The quantitative estimate of drug-likeness (QED) is 0.741. The molecule has 1 aromatic carbocycles. The van der Waals surface area contributed by atoms with Gasteiger partial charge in [-0.2, -0.15) is 0 Å². The molecule has 2 aromatic rings. The second-order valence-corrected chi connectivity index (χ2v) is 7.00. The SMILES string of the molecule is Cc1cc(-c2ccc(C(=O)NC[C@@]3(O)CCNC3)cc2)nc(N(C)C)n1. The second-order valence-electron chi connectivity index (χ2n) is 7.00. The molecular weight excluding hydrogens is 330 g/mol. The fourth-order valence-corrected chi connectivity index (χ4v) is 2.92. The molecule has 0 unspecified atom stereocenters. The first-order valence-electron chi connectivity index (χ1n) is 8.71. The molecule has 3 rings (SSSR count). The Morgan fingerprint density at radius 2 is 2.04 bits per heavy atom. The number of hydrogen-bond donors (Lipinski definition) is 3. The summed E-state index contributed by atoms with van der Waals surface area (Å²) in [7, 11) is 3.81. The number of nitrogens with zero attached hydrogens (tertiary/aromatic N) is 3. The van der Waals surface area contributed by atoms with Gasteiger partial charge in [-0.05, 0) is 38.1 Å². The molecule has 1 amide bonds. The Kier molecular flexibility index (Phi) is 5.20. The number of hydrogen-bond acceptors (Lipinski definition) is 6. The molecule has 1 aromatic heterocycles. The molecule has 7 heteroatoms. The average molecular weight is 355 g/mol. The Balaban J connectivity index is 1.71. The monoisotopic (exact) mass is 355 g/mol. The minimum Gasteiger partial charge on any atom is -0.387 e. The van der Waals surface area contributed by atoms with Crippen molar-refractivity contribution in [3.63, 3.8) is 0 Å². The molecule has 0 spiro atoms. The number of aliphatic hydroxyl groups is 1. The highest BCUT2D eigenvalue weighted by atomic mass is 16.3. The number of aryl methyl sites for hydroxylation is 1. The lowest BCUT2D eigenvalue weighted by atomic mass is 10.0. The van der Waals surface area contributed by atoms with E-state index in [4.69, 9.17) is 0 Å². The Morgan fingerprint density at radius 3 is 2.65 bits per heavy atom. The number of carbonyl (C=O) groups excluding carboxylic acids is 1. The average Bonchev–Trinajstić information content (AvgIpc) is 3.06. The predicted octanol–water partition coefficient (Wildman–Crippen LogP) is 0.972. The van der Waals surface area contributed by atoms with E-state index in [1.54, 1.807) is 12.1 Å². The van der Waals surface area contributed by atoms with E-state index in [-0.39, 0.29) is 12.5 Å². The van der Waals surface area contributed by atoms with E-state index in [1.807, 2.05) is 44.1 Å². The van der Waals surface area contributed by atoms with Crippen LogP contribution >= 0.6 is 0 Å². The smallest absolute Gasteiger partial charge is 0.251 e. The molecule has 26 heavy (non-hydrogen) atoms. The first-order chi connectivity index (χ1) is 12.4. The van der Waals surface area contributed by atoms with Gasteiger partial charge in [0.2, 0.25) is 5.95 Å². The van der Waals surface area contributed by atoms with Gasteiger partial charge in [0.15, 0.2) is 0 Å². The number of anilines is 1. The van der Waals surface area contributed by atoms with Crippen LogP contribution < -0.4 is 15.5 Å². The first-order valence-corrected chi connectivity index (χ1v) is 8.71. The van der Waals surface area contributed by atoms with Crippen LogP contribution in [0.25, 0.3) is 11.3 Å². The minimum absolute atomic E-state index is 0.190. The molecule has 1 fully saturated rings. The Bertz CT molecular complexity index is 783. The zero-order valence-electron chi connectivity index (χ0n) is 15.4. The van der Waals surface area contributed by atoms with E-state index >= 15 is 0 Å². The molecule has 138 valence electrons. The van der Waals surface area contributed by atoms with Crippen molar-refractivity contribution < 1.29 is 9.90 Å². The van der Waals surface area contributed by atoms with E-state index in [9.17, 15) is 9.90 Å². The van der Waals surface area contributed by atoms with Gasteiger partial charge in [0.25, 0.3) is 5.91 Å². The highest BCUT2D eigenvalue weighted by Crippen LogP contribution is 2.21. The van der Waals surface area contributed by atoms with E-state index in [2.05, 4.69) is 20.6 Å². The third kappa shape index (κ3) is 4.17. The van der Waals surface area contributed by atoms with Crippen LogP contribution in [-0.4, -0.2) is 60.3 Å². The van der Waals surface area contributed by atoms with Gasteiger partial charge in [-0.1, -0.05) is 12.1 Å². The number of carbonyl (C=O) groups is 1. The Hall–Kier alpha value is -2.51. The summed E-state index contributed by atoms with van der Waals surface area (Å²) >= 11 is 0.